The quantitative estimate of drug-likeness (QED) is 0.633. The zero-order valence-electron chi connectivity index (χ0n) is 6.55. The van der Waals surface area contributed by atoms with E-state index in [0.717, 1.165) is 32.5 Å². The minimum Gasteiger partial charge on any atom is -0.481 e. The van der Waals surface area contributed by atoms with Gasteiger partial charge in [-0.05, 0) is 31.3 Å². The zero-order valence-corrected chi connectivity index (χ0v) is 6.55. The van der Waals surface area contributed by atoms with Crippen LogP contribution < -0.4 is 0 Å². The summed E-state index contributed by atoms with van der Waals surface area (Å²) in [4.78, 5) is 12.9. The second kappa shape index (κ2) is 2.21. The standard InChI is InChI=1S/C8H13NO2/c10-7(11)5-8-1-3-9(6-8)4-2-8/h1-6H2,(H,10,11). The van der Waals surface area contributed by atoms with Crippen molar-refractivity contribution in [2.24, 2.45) is 5.41 Å². The van der Waals surface area contributed by atoms with E-state index in [4.69, 9.17) is 5.11 Å². The molecule has 2 fully saturated rings. The van der Waals surface area contributed by atoms with Crippen LogP contribution in [0.2, 0.25) is 0 Å². The largest absolute Gasteiger partial charge is 0.481 e. The van der Waals surface area contributed by atoms with E-state index >= 15 is 0 Å². The average Bonchev–Trinajstić information content (AvgIpc) is 2.43. The van der Waals surface area contributed by atoms with E-state index in [0.29, 0.717) is 6.42 Å². The molecule has 0 aromatic rings. The molecule has 2 bridgehead atoms. The van der Waals surface area contributed by atoms with Crippen molar-refractivity contribution in [2.45, 2.75) is 19.3 Å². The van der Waals surface area contributed by atoms with E-state index in [1.807, 2.05) is 0 Å². The first kappa shape index (κ1) is 7.10. The molecule has 3 nitrogen and oxygen atoms in total. The summed E-state index contributed by atoms with van der Waals surface area (Å²) in [6.45, 7) is 3.26. The molecule has 0 aromatic carbocycles. The molecular weight excluding hydrogens is 142 g/mol. The van der Waals surface area contributed by atoms with Crippen LogP contribution in [0.5, 0.6) is 0 Å². The highest BCUT2D eigenvalue weighted by Gasteiger charge is 2.44. The maximum atomic E-state index is 10.5. The lowest BCUT2D eigenvalue weighted by Gasteiger charge is -2.22. The molecule has 2 rings (SSSR count). The normalized spacial score (nSPS) is 41.3. The van der Waals surface area contributed by atoms with Crippen LogP contribution in [0.25, 0.3) is 0 Å². The van der Waals surface area contributed by atoms with Gasteiger partial charge in [-0.3, -0.25) is 4.79 Å². The molecule has 0 atom stereocenters. The maximum absolute atomic E-state index is 10.5. The summed E-state index contributed by atoms with van der Waals surface area (Å²) in [6.07, 6.45) is 2.57. The molecule has 0 amide bonds. The van der Waals surface area contributed by atoms with Gasteiger partial charge in [0.1, 0.15) is 0 Å². The van der Waals surface area contributed by atoms with Crippen LogP contribution in [-0.2, 0) is 4.79 Å². The second-order valence-electron chi connectivity index (χ2n) is 3.85. The Kier molecular flexibility index (Phi) is 1.42. The Morgan fingerprint density at radius 3 is 2.45 bits per heavy atom. The first-order chi connectivity index (χ1) is 5.20. The number of hydrogen-bond donors (Lipinski definition) is 1. The summed E-state index contributed by atoms with van der Waals surface area (Å²) >= 11 is 0. The van der Waals surface area contributed by atoms with Crippen LogP contribution in [0, 0.1) is 5.41 Å². The third-order valence-electron chi connectivity index (χ3n) is 3.00. The number of piperidine rings is 1. The first-order valence-electron chi connectivity index (χ1n) is 4.14. The van der Waals surface area contributed by atoms with Crippen molar-refractivity contribution in [1.82, 2.24) is 4.90 Å². The molecule has 2 aliphatic heterocycles. The van der Waals surface area contributed by atoms with Crippen molar-refractivity contribution in [3.05, 3.63) is 0 Å². The Hall–Kier alpha value is -0.570. The third-order valence-corrected chi connectivity index (χ3v) is 3.00. The van der Waals surface area contributed by atoms with Gasteiger partial charge in [0, 0.05) is 6.54 Å². The average molecular weight is 155 g/mol. The highest BCUT2D eigenvalue weighted by molar-refractivity contribution is 5.68. The number of fused-ring (bicyclic) bond motifs is 2. The Morgan fingerprint density at radius 1 is 1.45 bits per heavy atom. The predicted octanol–water partition coefficient (Wildman–Crippen LogP) is 0.557. The molecule has 3 heteroatoms. The van der Waals surface area contributed by atoms with Gasteiger partial charge in [0.2, 0.25) is 0 Å². The molecule has 0 aliphatic carbocycles. The highest BCUT2D eigenvalue weighted by atomic mass is 16.4. The molecule has 2 saturated heterocycles. The lowest BCUT2D eigenvalue weighted by Crippen LogP contribution is -2.22. The number of hydrogen-bond acceptors (Lipinski definition) is 2. The van der Waals surface area contributed by atoms with Crippen molar-refractivity contribution in [2.75, 3.05) is 19.6 Å². The molecule has 0 spiro atoms. The van der Waals surface area contributed by atoms with E-state index in [1.54, 1.807) is 0 Å². The van der Waals surface area contributed by atoms with Crippen molar-refractivity contribution in [3.8, 4) is 0 Å². The SMILES string of the molecule is O=C(O)CC12CCN(CC1)C2. The number of nitrogens with zero attached hydrogens (tertiary/aromatic N) is 1. The van der Waals surface area contributed by atoms with E-state index in [9.17, 15) is 4.79 Å². The summed E-state index contributed by atoms with van der Waals surface area (Å²) in [7, 11) is 0. The summed E-state index contributed by atoms with van der Waals surface area (Å²) in [5.41, 5.74) is 0.159. The van der Waals surface area contributed by atoms with Crippen LogP contribution in [0.1, 0.15) is 19.3 Å². The molecule has 2 heterocycles. The topological polar surface area (TPSA) is 40.5 Å². The van der Waals surface area contributed by atoms with Crippen molar-refractivity contribution < 1.29 is 9.90 Å². The molecule has 0 aromatic heterocycles. The number of rotatable bonds is 2. The van der Waals surface area contributed by atoms with Gasteiger partial charge in [-0.2, -0.15) is 0 Å². The van der Waals surface area contributed by atoms with E-state index in [1.165, 1.54) is 0 Å². The van der Waals surface area contributed by atoms with E-state index in [-0.39, 0.29) is 5.41 Å². The Morgan fingerprint density at radius 2 is 2.09 bits per heavy atom. The van der Waals surface area contributed by atoms with Crippen LogP contribution in [0.4, 0.5) is 0 Å². The summed E-state index contributed by atoms with van der Waals surface area (Å²) in [6, 6.07) is 0. The molecule has 11 heavy (non-hydrogen) atoms. The van der Waals surface area contributed by atoms with Crippen LogP contribution >= 0.6 is 0 Å². The second-order valence-corrected chi connectivity index (χ2v) is 3.85. The van der Waals surface area contributed by atoms with Crippen LogP contribution in [0.3, 0.4) is 0 Å². The number of aliphatic carboxylic acids is 1. The van der Waals surface area contributed by atoms with E-state index in [2.05, 4.69) is 4.90 Å². The van der Waals surface area contributed by atoms with Gasteiger partial charge in [-0.15, -0.1) is 0 Å². The molecule has 62 valence electrons. The molecule has 1 N–H and O–H groups in total. The monoisotopic (exact) mass is 155 g/mol. The van der Waals surface area contributed by atoms with Crippen molar-refractivity contribution >= 4 is 5.97 Å². The number of carboxylic acid groups (broad SMARTS) is 1. The third kappa shape index (κ3) is 1.13. The maximum Gasteiger partial charge on any atom is 0.303 e. The Balaban J connectivity index is 2.05. The fraction of sp³-hybridized carbons (Fsp3) is 0.875. The molecule has 0 saturated carbocycles. The van der Waals surface area contributed by atoms with Gasteiger partial charge < -0.3 is 10.0 Å². The fourth-order valence-electron chi connectivity index (χ4n) is 2.37. The van der Waals surface area contributed by atoms with Crippen molar-refractivity contribution in [1.29, 1.82) is 0 Å². The Labute approximate surface area is 66.0 Å². The van der Waals surface area contributed by atoms with Gasteiger partial charge in [0.05, 0.1) is 6.42 Å². The molecule has 0 radical (unpaired) electrons. The highest BCUT2D eigenvalue weighted by Crippen LogP contribution is 2.42. The van der Waals surface area contributed by atoms with Crippen LogP contribution in [-0.4, -0.2) is 35.6 Å². The van der Waals surface area contributed by atoms with Gasteiger partial charge in [-0.1, -0.05) is 0 Å². The lowest BCUT2D eigenvalue weighted by atomic mass is 9.81. The summed E-state index contributed by atoms with van der Waals surface area (Å²) < 4.78 is 0. The molecular formula is C8H13NO2. The predicted molar refractivity (Wildman–Crippen MR) is 40.4 cm³/mol. The smallest absolute Gasteiger partial charge is 0.303 e. The minimum atomic E-state index is -0.631. The molecule has 0 unspecified atom stereocenters. The fourth-order valence-corrected chi connectivity index (χ4v) is 2.37. The van der Waals surface area contributed by atoms with E-state index < -0.39 is 5.97 Å². The number of carboxylic acids is 1. The van der Waals surface area contributed by atoms with Gasteiger partial charge >= 0.3 is 5.97 Å². The molecule has 2 aliphatic rings. The van der Waals surface area contributed by atoms with Gasteiger partial charge in [-0.25, -0.2) is 0 Å². The zero-order chi connectivity index (χ0) is 7.90. The van der Waals surface area contributed by atoms with Gasteiger partial charge in [0.15, 0.2) is 0 Å². The van der Waals surface area contributed by atoms with Crippen molar-refractivity contribution in [3.63, 3.8) is 0 Å². The van der Waals surface area contributed by atoms with Gasteiger partial charge in [0.25, 0.3) is 0 Å². The van der Waals surface area contributed by atoms with Crippen LogP contribution in [0.15, 0.2) is 0 Å². The summed E-state index contributed by atoms with van der Waals surface area (Å²) in [5, 5.41) is 8.67. The lowest BCUT2D eigenvalue weighted by molar-refractivity contribution is -0.139. The number of carbonyl (C=O) groups is 1. The minimum absolute atomic E-state index is 0.159. The Bertz CT molecular complexity index is 183. The first-order valence-corrected chi connectivity index (χ1v) is 4.14. The summed E-state index contributed by atoms with van der Waals surface area (Å²) in [5.74, 6) is -0.631.